The van der Waals surface area contributed by atoms with E-state index < -0.39 is 5.60 Å². The number of hydrogen-bond donors (Lipinski definition) is 1. The second-order valence-corrected chi connectivity index (χ2v) is 10.2. The summed E-state index contributed by atoms with van der Waals surface area (Å²) in [5, 5.41) is 9.91. The lowest BCUT2D eigenvalue weighted by Gasteiger charge is -2.29. The summed E-state index contributed by atoms with van der Waals surface area (Å²) in [6.07, 6.45) is 8.30. The van der Waals surface area contributed by atoms with Crippen molar-refractivity contribution in [3.05, 3.63) is 89.0 Å². The molecule has 0 saturated carbocycles. The lowest BCUT2D eigenvalue weighted by molar-refractivity contribution is 0.0913. The van der Waals surface area contributed by atoms with Crippen LogP contribution >= 0.6 is 0 Å². The molecule has 39 heavy (non-hydrogen) atoms. The van der Waals surface area contributed by atoms with Crippen LogP contribution in [-0.2, 0) is 13.2 Å². The van der Waals surface area contributed by atoms with Gasteiger partial charge in [-0.3, -0.25) is 4.79 Å². The van der Waals surface area contributed by atoms with Gasteiger partial charge in [0.1, 0.15) is 35.2 Å². The van der Waals surface area contributed by atoms with E-state index in [1.54, 1.807) is 24.3 Å². The molecule has 6 nitrogen and oxygen atoms in total. The Morgan fingerprint density at radius 3 is 2.54 bits per heavy atom. The van der Waals surface area contributed by atoms with Gasteiger partial charge in [-0.25, -0.2) is 0 Å². The molecule has 0 aliphatic carbocycles. The monoisotopic (exact) mass is 530 g/mol. The van der Waals surface area contributed by atoms with Gasteiger partial charge in [0.05, 0.1) is 24.3 Å². The molecule has 1 aliphatic rings. The van der Waals surface area contributed by atoms with Crippen molar-refractivity contribution < 1.29 is 28.8 Å². The van der Waals surface area contributed by atoms with Crippen molar-refractivity contribution in [3.63, 3.8) is 0 Å². The molecule has 0 bridgehead atoms. The van der Waals surface area contributed by atoms with Crippen LogP contribution in [-0.4, -0.2) is 29.7 Å². The van der Waals surface area contributed by atoms with Crippen molar-refractivity contribution >= 4 is 11.9 Å². The fourth-order valence-corrected chi connectivity index (χ4v) is 4.38. The molecule has 0 aromatic heterocycles. The number of aliphatic hydroxyl groups excluding tert-OH is 1. The first-order valence-corrected chi connectivity index (χ1v) is 13.6. The highest BCUT2D eigenvalue weighted by Crippen LogP contribution is 2.39. The summed E-state index contributed by atoms with van der Waals surface area (Å²) in [6, 6.07) is 18.7. The minimum Gasteiger partial charge on any atom is -0.493 e. The molecule has 0 fully saturated rings. The maximum Gasteiger partial charge on any atom is 0.203 e. The molecule has 0 atom stereocenters. The van der Waals surface area contributed by atoms with E-state index in [0.29, 0.717) is 52.9 Å². The molecule has 1 aliphatic heterocycles. The van der Waals surface area contributed by atoms with Crippen molar-refractivity contribution in [2.24, 2.45) is 0 Å². The molecule has 1 N–H and O–H groups in total. The Balaban J connectivity index is 1.52. The Hall–Kier alpha value is -3.77. The van der Waals surface area contributed by atoms with Crippen molar-refractivity contribution in [1.82, 2.24) is 0 Å². The zero-order valence-electron chi connectivity index (χ0n) is 23.1. The summed E-state index contributed by atoms with van der Waals surface area (Å²) >= 11 is 0. The minimum atomic E-state index is -0.453. The predicted molar refractivity (Wildman–Crippen MR) is 153 cm³/mol. The molecule has 1 heterocycles. The van der Waals surface area contributed by atoms with E-state index in [2.05, 4.69) is 6.92 Å². The van der Waals surface area contributed by atoms with Crippen LogP contribution in [0.15, 0.2) is 66.7 Å². The molecule has 0 saturated heterocycles. The number of carbonyl (C=O) groups excluding carboxylic acids is 1. The van der Waals surface area contributed by atoms with E-state index in [4.69, 9.17) is 18.9 Å². The molecular formula is C33H38O6. The van der Waals surface area contributed by atoms with E-state index in [0.717, 1.165) is 18.4 Å². The van der Waals surface area contributed by atoms with E-state index in [-0.39, 0.29) is 19.0 Å². The second kappa shape index (κ2) is 13.3. The van der Waals surface area contributed by atoms with Gasteiger partial charge in [-0.2, -0.15) is 0 Å². The minimum absolute atomic E-state index is 0.218. The average molecular weight is 531 g/mol. The summed E-state index contributed by atoms with van der Waals surface area (Å²) < 4.78 is 24.1. The number of ether oxygens (including phenoxy) is 4. The summed E-state index contributed by atoms with van der Waals surface area (Å²) in [7, 11) is 0. The SMILES string of the molecule is CCCCCCOc1ccc(C(=O)COc2c(CO)ccc3c2C=CC(C)(C)O3)c(OCc2ccccc2)c1. The number of ketones is 1. The zero-order chi connectivity index (χ0) is 27.7. The number of hydrogen-bond acceptors (Lipinski definition) is 6. The quantitative estimate of drug-likeness (QED) is 0.176. The highest BCUT2D eigenvalue weighted by Gasteiger charge is 2.26. The zero-order valence-corrected chi connectivity index (χ0v) is 23.1. The van der Waals surface area contributed by atoms with Crippen molar-refractivity contribution in [3.8, 4) is 23.0 Å². The van der Waals surface area contributed by atoms with Crippen LogP contribution in [0.2, 0.25) is 0 Å². The first kappa shape index (κ1) is 28.2. The standard InChI is InChI=1S/C33H38O6/c1-4-5-6-10-19-36-26-14-15-27(31(20-26)37-22-24-11-8-7-9-12-24)29(35)23-38-32-25(21-34)13-16-30-28(32)17-18-33(2,3)39-30/h7-9,11-18,20,34H,4-6,10,19,21-23H2,1-3H3. The molecule has 6 heteroatoms. The first-order valence-electron chi connectivity index (χ1n) is 13.6. The maximum absolute atomic E-state index is 13.4. The Kier molecular flexibility index (Phi) is 9.66. The summed E-state index contributed by atoms with van der Waals surface area (Å²) in [5.41, 5.74) is 2.25. The van der Waals surface area contributed by atoms with Gasteiger partial charge in [0.15, 0.2) is 6.61 Å². The molecule has 0 unspecified atom stereocenters. The molecule has 3 aromatic rings. The van der Waals surface area contributed by atoms with Gasteiger partial charge < -0.3 is 24.1 Å². The maximum atomic E-state index is 13.4. The van der Waals surface area contributed by atoms with Crippen LogP contribution in [0.5, 0.6) is 23.0 Å². The number of Topliss-reactive ketones (excluding diaryl/α,β-unsaturated/α-hetero) is 1. The van der Waals surface area contributed by atoms with Gasteiger partial charge in [-0.1, -0.05) is 56.5 Å². The predicted octanol–water partition coefficient (Wildman–Crippen LogP) is 7.16. The largest absolute Gasteiger partial charge is 0.493 e. The lowest BCUT2D eigenvalue weighted by atomic mass is 9.99. The smallest absolute Gasteiger partial charge is 0.203 e. The van der Waals surface area contributed by atoms with Gasteiger partial charge in [-0.15, -0.1) is 0 Å². The Morgan fingerprint density at radius 2 is 1.77 bits per heavy atom. The van der Waals surface area contributed by atoms with Gasteiger partial charge in [-0.05, 0) is 62.2 Å². The molecule has 0 radical (unpaired) electrons. The number of carbonyl (C=O) groups is 1. The topological polar surface area (TPSA) is 74.2 Å². The summed E-state index contributed by atoms with van der Waals surface area (Å²) in [4.78, 5) is 13.4. The van der Waals surface area contributed by atoms with E-state index in [1.165, 1.54) is 12.8 Å². The number of rotatable bonds is 14. The van der Waals surface area contributed by atoms with Crippen molar-refractivity contribution in [2.75, 3.05) is 13.2 Å². The highest BCUT2D eigenvalue weighted by atomic mass is 16.5. The molecular weight excluding hydrogens is 492 g/mol. The number of benzene rings is 3. The van der Waals surface area contributed by atoms with Crippen LogP contribution in [0, 0.1) is 0 Å². The Labute approximate surface area is 231 Å². The van der Waals surface area contributed by atoms with Crippen LogP contribution in [0.3, 0.4) is 0 Å². The summed E-state index contributed by atoms with van der Waals surface area (Å²) in [5.74, 6) is 1.95. The van der Waals surface area contributed by atoms with Crippen molar-refractivity contribution in [2.45, 2.75) is 65.3 Å². The normalized spacial score (nSPS) is 13.3. The molecule has 0 spiro atoms. The number of unbranched alkanes of at least 4 members (excludes halogenated alkanes) is 3. The highest BCUT2D eigenvalue weighted by molar-refractivity contribution is 6.00. The Bertz CT molecular complexity index is 1280. The molecule has 3 aromatic carbocycles. The van der Waals surface area contributed by atoms with E-state index in [9.17, 15) is 9.90 Å². The fraction of sp³-hybridized carbons (Fsp3) is 0.364. The van der Waals surface area contributed by atoms with Crippen molar-refractivity contribution in [1.29, 1.82) is 0 Å². The first-order chi connectivity index (χ1) is 18.9. The average Bonchev–Trinajstić information content (AvgIpc) is 2.94. The third-order valence-electron chi connectivity index (χ3n) is 6.54. The van der Waals surface area contributed by atoms with Crippen LogP contribution in [0.1, 0.15) is 73.5 Å². The number of fused-ring (bicyclic) bond motifs is 1. The van der Waals surface area contributed by atoms with Gasteiger partial charge in [0.2, 0.25) is 5.78 Å². The molecule has 4 rings (SSSR count). The Morgan fingerprint density at radius 1 is 0.949 bits per heavy atom. The third-order valence-corrected chi connectivity index (χ3v) is 6.54. The van der Waals surface area contributed by atoms with Crippen LogP contribution in [0.4, 0.5) is 0 Å². The second-order valence-electron chi connectivity index (χ2n) is 10.2. The van der Waals surface area contributed by atoms with E-state index >= 15 is 0 Å². The van der Waals surface area contributed by atoms with Gasteiger partial charge in [0, 0.05) is 11.6 Å². The van der Waals surface area contributed by atoms with Gasteiger partial charge >= 0.3 is 0 Å². The van der Waals surface area contributed by atoms with E-state index in [1.807, 2.05) is 62.4 Å². The van der Waals surface area contributed by atoms with Crippen LogP contribution < -0.4 is 18.9 Å². The third kappa shape index (κ3) is 7.64. The number of aliphatic hydroxyl groups is 1. The molecule has 206 valence electrons. The summed E-state index contributed by atoms with van der Waals surface area (Å²) in [6.45, 7) is 6.60. The molecule has 0 amide bonds. The fourth-order valence-electron chi connectivity index (χ4n) is 4.38. The lowest BCUT2D eigenvalue weighted by Crippen LogP contribution is -2.27. The van der Waals surface area contributed by atoms with Crippen LogP contribution in [0.25, 0.3) is 6.08 Å². The van der Waals surface area contributed by atoms with Gasteiger partial charge in [0.25, 0.3) is 0 Å².